The van der Waals surface area contributed by atoms with Crippen molar-refractivity contribution in [2.75, 3.05) is 6.54 Å². The fraction of sp³-hybridized carbons (Fsp3) is 0.900. The van der Waals surface area contributed by atoms with E-state index in [9.17, 15) is 4.79 Å². The highest BCUT2D eigenvalue weighted by Crippen LogP contribution is 2.44. The molecule has 1 fully saturated rings. The molecule has 1 amide bonds. The van der Waals surface area contributed by atoms with E-state index in [-0.39, 0.29) is 11.8 Å². The second-order valence-corrected chi connectivity index (χ2v) is 4.59. The van der Waals surface area contributed by atoms with Crippen LogP contribution in [0.25, 0.3) is 0 Å². The Bertz CT molecular complexity index is 197. The van der Waals surface area contributed by atoms with Crippen LogP contribution in [0.2, 0.25) is 0 Å². The molecule has 2 unspecified atom stereocenters. The van der Waals surface area contributed by atoms with Crippen LogP contribution in [-0.4, -0.2) is 18.5 Å². The van der Waals surface area contributed by atoms with E-state index in [1.165, 1.54) is 0 Å². The van der Waals surface area contributed by atoms with Gasteiger partial charge in [-0.3, -0.25) is 4.79 Å². The second kappa shape index (κ2) is 3.66. The highest BCUT2D eigenvalue weighted by atomic mass is 16.2. The summed E-state index contributed by atoms with van der Waals surface area (Å²) in [5.41, 5.74) is 5.80. The van der Waals surface area contributed by atoms with Crippen LogP contribution >= 0.6 is 0 Å². The topological polar surface area (TPSA) is 55.1 Å². The molecule has 0 aromatic heterocycles. The van der Waals surface area contributed by atoms with Gasteiger partial charge in [0.25, 0.3) is 0 Å². The molecular weight excluding hydrogens is 164 g/mol. The van der Waals surface area contributed by atoms with Crippen molar-refractivity contribution in [2.24, 2.45) is 17.1 Å². The van der Waals surface area contributed by atoms with Gasteiger partial charge in [-0.15, -0.1) is 0 Å². The van der Waals surface area contributed by atoms with Crippen LogP contribution in [0.3, 0.4) is 0 Å². The first-order valence-corrected chi connectivity index (χ1v) is 5.01. The molecule has 2 atom stereocenters. The quantitative estimate of drug-likeness (QED) is 0.681. The van der Waals surface area contributed by atoms with Crippen LogP contribution < -0.4 is 11.1 Å². The number of carbonyl (C=O) groups is 1. The third-order valence-corrected chi connectivity index (χ3v) is 2.98. The molecule has 13 heavy (non-hydrogen) atoms. The van der Waals surface area contributed by atoms with Gasteiger partial charge in [-0.1, -0.05) is 20.8 Å². The third kappa shape index (κ3) is 2.44. The lowest BCUT2D eigenvalue weighted by Gasteiger charge is -2.13. The predicted molar refractivity (Wildman–Crippen MR) is 53.2 cm³/mol. The molecule has 0 radical (unpaired) electrons. The van der Waals surface area contributed by atoms with Gasteiger partial charge in [-0.2, -0.15) is 0 Å². The Morgan fingerprint density at radius 1 is 1.69 bits per heavy atom. The smallest absolute Gasteiger partial charge is 0.224 e. The summed E-state index contributed by atoms with van der Waals surface area (Å²) < 4.78 is 0. The van der Waals surface area contributed by atoms with E-state index in [1.54, 1.807) is 0 Å². The minimum absolute atomic E-state index is 0.00333. The van der Waals surface area contributed by atoms with Gasteiger partial charge in [0.15, 0.2) is 0 Å². The van der Waals surface area contributed by atoms with Crippen molar-refractivity contribution in [2.45, 2.75) is 39.7 Å². The standard InChI is InChI=1S/C10H20N2O/c1-4-7(6-11)9(13)12-8-5-10(8,2)3/h7-8H,4-6,11H2,1-3H3,(H,12,13). The first-order valence-electron chi connectivity index (χ1n) is 5.01. The number of amides is 1. The first kappa shape index (κ1) is 10.5. The Hall–Kier alpha value is -0.570. The van der Waals surface area contributed by atoms with Gasteiger partial charge in [0, 0.05) is 18.5 Å². The Labute approximate surface area is 80.1 Å². The summed E-state index contributed by atoms with van der Waals surface area (Å²) in [6, 6.07) is 0.376. The monoisotopic (exact) mass is 184 g/mol. The molecule has 3 nitrogen and oxygen atoms in total. The summed E-state index contributed by atoms with van der Waals surface area (Å²) >= 11 is 0. The summed E-state index contributed by atoms with van der Waals surface area (Å²) in [5.74, 6) is 0.122. The second-order valence-electron chi connectivity index (χ2n) is 4.59. The Morgan fingerprint density at radius 2 is 2.23 bits per heavy atom. The van der Waals surface area contributed by atoms with Crippen molar-refractivity contribution in [1.82, 2.24) is 5.32 Å². The molecule has 76 valence electrons. The van der Waals surface area contributed by atoms with E-state index >= 15 is 0 Å². The van der Waals surface area contributed by atoms with Crippen molar-refractivity contribution in [1.29, 1.82) is 0 Å². The van der Waals surface area contributed by atoms with E-state index in [2.05, 4.69) is 19.2 Å². The van der Waals surface area contributed by atoms with Crippen LogP contribution in [0.5, 0.6) is 0 Å². The number of rotatable bonds is 4. The molecule has 3 N–H and O–H groups in total. The van der Waals surface area contributed by atoms with Gasteiger partial charge in [0.05, 0.1) is 0 Å². The summed E-state index contributed by atoms with van der Waals surface area (Å²) in [7, 11) is 0. The SMILES string of the molecule is CCC(CN)C(=O)NC1CC1(C)C. The van der Waals surface area contributed by atoms with Crippen LogP contribution in [0.1, 0.15) is 33.6 Å². The van der Waals surface area contributed by atoms with Crippen LogP contribution in [0, 0.1) is 11.3 Å². The Kier molecular flexibility index (Phi) is 2.96. The Morgan fingerprint density at radius 3 is 2.54 bits per heavy atom. The minimum Gasteiger partial charge on any atom is -0.353 e. The number of hydrogen-bond acceptors (Lipinski definition) is 2. The van der Waals surface area contributed by atoms with E-state index < -0.39 is 0 Å². The highest BCUT2D eigenvalue weighted by Gasteiger charge is 2.46. The zero-order chi connectivity index (χ0) is 10.1. The van der Waals surface area contributed by atoms with E-state index in [0.29, 0.717) is 18.0 Å². The average molecular weight is 184 g/mol. The molecule has 1 aliphatic carbocycles. The maximum atomic E-state index is 11.6. The molecule has 0 bridgehead atoms. The highest BCUT2D eigenvalue weighted by molar-refractivity contribution is 5.79. The lowest BCUT2D eigenvalue weighted by molar-refractivity contribution is -0.125. The summed E-state index contributed by atoms with van der Waals surface area (Å²) in [5, 5.41) is 3.03. The summed E-state index contributed by atoms with van der Waals surface area (Å²) in [4.78, 5) is 11.6. The number of nitrogens with two attached hydrogens (primary N) is 1. The van der Waals surface area contributed by atoms with Gasteiger partial charge in [0.1, 0.15) is 0 Å². The van der Waals surface area contributed by atoms with Crippen LogP contribution in [0.4, 0.5) is 0 Å². The zero-order valence-corrected chi connectivity index (χ0v) is 8.76. The molecule has 0 heterocycles. The van der Waals surface area contributed by atoms with Crippen molar-refractivity contribution in [3.63, 3.8) is 0 Å². The van der Waals surface area contributed by atoms with Crippen molar-refractivity contribution in [3.8, 4) is 0 Å². The molecule has 0 saturated heterocycles. The molecule has 0 aliphatic heterocycles. The number of hydrogen-bond donors (Lipinski definition) is 2. The molecule has 0 spiro atoms. The van der Waals surface area contributed by atoms with Gasteiger partial charge < -0.3 is 11.1 Å². The largest absolute Gasteiger partial charge is 0.353 e. The number of nitrogens with one attached hydrogen (secondary N) is 1. The molecular formula is C10H20N2O. The van der Waals surface area contributed by atoms with Crippen molar-refractivity contribution in [3.05, 3.63) is 0 Å². The van der Waals surface area contributed by atoms with E-state index in [0.717, 1.165) is 12.8 Å². The molecule has 0 aromatic rings. The lowest BCUT2D eigenvalue weighted by atomic mass is 10.1. The van der Waals surface area contributed by atoms with Gasteiger partial charge in [-0.25, -0.2) is 0 Å². The average Bonchev–Trinajstić information content (AvgIpc) is 2.61. The third-order valence-electron chi connectivity index (χ3n) is 2.98. The van der Waals surface area contributed by atoms with Crippen molar-refractivity contribution < 1.29 is 4.79 Å². The molecule has 1 saturated carbocycles. The fourth-order valence-corrected chi connectivity index (χ4v) is 1.46. The maximum Gasteiger partial charge on any atom is 0.224 e. The maximum absolute atomic E-state index is 11.6. The van der Waals surface area contributed by atoms with E-state index in [1.807, 2.05) is 6.92 Å². The number of carbonyl (C=O) groups excluding carboxylic acids is 1. The van der Waals surface area contributed by atoms with Crippen molar-refractivity contribution >= 4 is 5.91 Å². The molecule has 0 aromatic carbocycles. The van der Waals surface area contributed by atoms with E-state index in [4.69, 9.17) is 5.73 Å². The van der Waals surface area contributed by atoms with Crippen LogP contribution in [0.15, 0.2) is 0 Å². The zero-order valence-electron chi connectivity index (χ0n) is 8.76. The molecule has 1 aliphatic rings. The fourth-order valence-electron chi connectivity index (χ4n) is 1.46. The predicted octanol–water partition coefficient (Wildman–Crippen LogP) is 0.886. The minimum atomic E-state index is -0.00333. The Balaban J connectivity index is 2.33. The lowest BCUT2D eigenvalue weighted by Crippen LogP contribution is -2.37. The van der Waals surface area contributed by atoms with Crippen LogP contribution in [-0.2, 0) is 4.79 Å². The van der Waals surface area contributed by atoms with Gasteiger partial charge in [-0.05, 0) is 18.3 Å². The van der Waals surface area contributed by atoms with Gasteiger partial charge in [0.2, 0.25) is 5.91 Å². The molecule has 1 rings (SSSR count). The first-order chi connectivity index (χ1) is 6.01. The molecule has 3 heteroatoms. The summed E-state index contributed by atoms with van der Waals surface area (Å²) in [6.07, 6.45) is 1.93. The summed E-state index contributed by atoms with van der Waals surface area (Å²) in [6.45, 7) is 6.79. The van der Waals surface area contributed by atoms with Gasteiger partial charge >= 0.3 is 0 Å². The normalized spacial score (nSPS) is 26.6.